The fourth-order valence-corrected chi connectivity index (χ4v) is 2.99. The fourth-order valence-electron chi connectivity index (χ4n) is 2.08. The van der Waals surface area contributed by atoms with Gasteiger partial charge in [0.05, 0.1) is 6.54 Å². The number of thiocarbonyl (C=S) groups is 1. The summed E-state index contributed by atoms with van der Waals surface area (Å²) < 4.78 is 6.93. The molecule has 0 saturated heterocycles. The van der Waals surface area contributed by atoms with E-state index in [4.69, 9.17) is 51.8 Å². The minimum Gasteiger partial charge on any atom is -0.382 e. The molecule has 1 aromatic heterocycles. The van der Waals surface area contributed by atoms with Crippen LogP contribution in [0.15, 0.2) is 24.4 Å². The molecule has 2 aromatic rings. The number of halogens is 3. The Morgan fingerprint density at radius 1 is 1.24 bits per heavy atom. The number of rotatable bonds is 8. The van der Waals surface area contributed by atoms with Gasteiger partial charge in [-0.15, -0.1) is 0 Å². The molecule has 0 fully saturated rings. The molecule has 0 radical (unpaired) electrons. The highest BCUT2D eigenvalue weighted by atomic mass is 35.5. The normalized spacial score (nSPS) is 10.7. The SMILES string of the molecule is CCOCCCNC(=S)Nc1nn(Cc2c(Cl)cccc2Cl)cc1Cl. The van der Waals surface area contributed by atoms with E-state index in [1.165, 1.54) is 0 Å². The van der Waals surface area contributed by atoms with E-state index < -0.39 is 0 Å². The third-order valence-corrected chi connectivity index (χ3v) is 4.52. The van der Waals surface area contributed by atoms with Crippen molar-refractivity contribution in [1.82, 2.24) is 15.1 Å². The average molecular weight is 422 g/mol. The quantitative estimate of drug-likeness (QED) is 0.482. The highest BCUT2D eigenvalue weighted by molar-refractivity contribution is 7.80. The Balaban J connectivity index is 1.92. The third-order valence-electron chi connectivity index (χ3n) is 3.29. The number of hydrogen-bond donors (Lipinski definition) is 2. The van der Waals surface area contributed by atoms with Gasteiger partial charge >= 0.3 is 0 Å². The van der Waals surface area contributed by atoms with Crippen molar-refractivity contribution in [3.8, 4) is 0 Å². The van der Waals surface area contributed by atoms with Gasteiger partial charge in [0.2, 0.25) is 0 Å². The summed E-state index contributed by atoms with van der Waals surface area (Å²) >= 11 is 23.8. The monoisotopic (exact) mass is 420 g/mol. The van der Waals surface area contributed by atoms with E-state index in [1.807, 2.05) is 6.92 Å². The van der Waals surface area contributed by atoms with E-state index in [-0.39, 0.29) is 0 Å². The number of benzene rings is 1. The highest BCUT2D eigenvalue weighted by Crippen LogP contribution is 2.26. The summed E-state index contributed by atoms with van der Waals surface area (Å²) in [6, 6.07) is 5.37. The number of ether oxygens (including phenoxy) is 1. The minimum atomic E-state index is 0.411. The first-order chi connectivity index (χ1) is 12.0. The summed E-state index contributed by atoms with van der Waals surface area (Å²) in [5.41, 5.74) is 0.785. The summed E-state index contributed by atoms with van der Waals surface area (Å²) in [6.07, 6.45) is 2.56. The zero-order valence-corrected chi connectivity index (χ0v) is 16.8. The zero-order chi connectivity index (χ0) is 18.2. The standard InChI is InChI=1S/C16H19Cl3N4OS/c1-2-24-8-4-7-20-16(25)21-15-14(19)10-23(22-15)9-11-12(17)5-3-6-13(11)18/h3,5-6,10H,2,4,7-9H2,1H3,(H2,20,21,22,25). The second kappa shape index (κ2) is 10.2. The summed E-state index contributed by atoms with van der Waals surface area (Å²) in [4.78, 5) is 0. The predicted octanol–water partition coefficient (Wildman–Crippen LogP) is 4.60. The van der Waals surface area contributed by atoms with Gasteiger partial charge in [0.15, 0.2) is 10.9 Å². The molecule has 0 spiro atoms. The van der Waals surface area contributed by atoms with Crippen molar-refractivity contribution < 1.29 is 4.74 Å². The number of hydrogen-bond acceptors (Lipinski definition) is 3. The Bertz CT molecular complexity index is 703. The van der Waals surface area contributed by atoms with Gasteiger partial charge in [-0.2, -0.15) is 5.10 Å². The second-order valence-electron chi connectivity index (χ2n) is 5.15. The fraction of sp³-hybridized carbons (Fsp3) is 0.375. The van der Waals surface area contributed by atoms with Crippen LogP contribution in [0.4, 0.5) is 5.82 Å². The van der Waals surface area contributed by atoms with Crippen molar-refractivity contribution in [2.75, 3.05) is 25.1 Å². The van der Waals surface area contributed by atoms with Crippen LogP contribution in [0.5, 0.6) is 0 Å². The maximum Gasteiger partial charge on any atom is 0.173 e. The van der Waals surface area contributed by atoms with Crippen LogP contribution in [-0.4, -0.2) is 34.7 Å². The van der Waals surface area contributed by atoms with Crippen molar-refractivity contribution in [3.05, 3.63) is 45.0 Å². The van der Waals surface area contributed by atoms with E-state index in [0.29, 0.717) is 52.3 Å². The molecule has 5 nitrogen and oxygen atoms in total. The molecule has 0 atom stereocenters. The van der Waals surface area contributed by atoms with Gasteiger partial charge in [-0.3, -0.25) is 4.68 Å². The lowest BCUT2D eigenvalue weighted by molar-refractivity contribution is 0.146. The first-order valence-corrected chi connectivity index (χ1v) is 9.34. The lowest BCUT2D eigenvalue weighted by atomic mass is 10.2. The molecule has 0 unspecified atom stereocenters. The van der Waals surface area contributed by atoms with Crippen LogP contribution in [0.1, 0.15) is 18.9 Å². The molecule has 9 heteroatoms. The van der Waals surface area contributed by atoms with Gasteiger partial charge in [-0.05, 0) is 37.7 Å². The Kier molecular flexibility index (Phi) is 8.26. The average Bonchev–Trinajstić information content (AvgIpc) is 2.90. The maximum atomic E-state index is 6.22. The second-order valence-corrected chi connectivity index (χ2v) is 6.78. The lowest BCUT2D eigenvalue weighted by Gasteiger charge is -2.09. The Hall–Kier alpha value is -1.05. The Morgan fingerprint density at radius 3 is 2.64 bits per heavy atom. The van der Waals surface area contributed by atoms with Gasteiger partial charge in [-0.25, -0.2) is 0 Å². The topological polar surface area (TPSA) is 51.1 Å². The molecule has 0 saturated carbocycles. The summed E-state index contributed by atoms with van der Waals surface area (Å²) in [7, 11) is 0. The Labute approximate surface area is 167 Å². The summed E-state index contributed by atoms with van der Waals surface area (Å²) in [5.74, 6) is 0.479. The van der Waals surface area contributed by atoms with E-state index in [2.05, 4.69) is 15.7 Å². The van der Waals surface area contributed by atoms with Crippen molar-refractivity contribution >= 4 is 58.0 Å². The highest BCUT2D eigenvalue weighted by Gasteiger charge is 2.11. The van der Waals surface area contributed by atoms with Crippen LogP contribution < -0.4 is 10.6 Å². The van der Waals surface area contributed by atoms with E-state index in [1.54, 1.807) is 29.1 Å². The first kappa shape index (κ1) is 20.3. The molecule has 0 amide bonds. The van der Waals surface area contributed by atoms with Crippen molar-refractivity contribution in [2.24, 2.45) is 0 Å². The van der Waals surface area contributed by atoms with Crippen LogP contribution in [0.2, 0.25) is 15.1 Å². The van der Waals surface area contributed by atoms with Crippen LogP contribution >= 0.6 is 47.0 Å². The molecular weight excluding hydrogens is 403 g/mol. The van der Waals surface area contributed by atoms with E-state index >= 15 is 0 Å². The molecule has 2 rings (SSSR count). The number of nitrogens with zero attached hydrogens (tertiary/aromatic N) is 2. The number of anilines is 1. The molecule has 25 heavy (non-hydrogen) atoms. The van der Waals surface area contributed by atoms with Crippen LogP contribution in [0.25, 0.3) is 0 Å². The van der Waals surface area contributed by atoms with Crippen molar-refractivity contribution in [1.29, 1.82) is 0 Å². The van der Waals surface area contributed by atoms with Gasteiger partial charge in [0.25, 0.3) is 0 Å². The van der Waals surface area contributed by atoms with Crippen LogP contribution in [0.3, 0.4) is 0 Å². The molecule has 1 heterocycles. The first-order valence-electron chi connectivity index (χ1n) is 7.79. The van der Waals surface area contributed by atoms with Gasteiger partial charge in [0, 0.05) is 41.6 Å². The van der Waals surface area contributed by atoms with Gasteiger partial charge < -0.3 is 15.4 Å². The van der Waals surface area contributed by atoms with Gasteiger partial charge in [0.1, 0.15) is 5.02 Å². The summed E-state index contributed by atoms with van der Waals surface area (Å²) in [5, 5.41) is 12.5. The number of nitrogens with one attached hydrogen (secondary N) is 2. The smallest absolute Gasteiger partial charge is 0.173 e. The summed E-state index contributed by atoms with van der Waals surface area (Å²) in [6.45, 7) is 4.49. The molecule has 0 bridgehead atoms. The minimum absolute atomic E-state index is 0.411. The van der Waals surface area contributed by atoms with Crippen LogP contribution in [-0.2, 0) is 11.3 Å². The molecule has 1 aromatic carbocycles. The number of aromatic nitrogens is 2. The molecule has 2 N–H and O–H groups in total. The molecular formula is C16H19Cl3N4OS. The Morgan fingerprint density at radius 2 is 1.96 bits per heavy atom. The third kappa shape index (κ3) is 6.31. The molecule has 136 valence electrons. The van der Waals surface area contributed by atoms with Crippen LogP contribution in [0, 0.1) is 0 Å². The lowest BCUT2D eigenvalue weighted by Crippen LogP contribution is -2.30. The van der Waals surface area contributed by atoms with Crippen molar-refractivity contribution in [2.45, 2.75) is 19.9 Å². The molecule has 0 aliphatic carbocycles. The van der Waals surface area contributed by atoms with E-state index in [0.717, 1.165) is 12.0 Å². The van der Waals surface area contributed by atoms with Gasteiger partial charge in [-0.1, -0.05) is 40.9 Å². The molecule has 0 aliphatic heterocycles. The largest absolute Gasteiger partial charge is 0.382 e. The maximum absolute atomic E-state index is 6.22. The zero-order valence-electron chi connectivity index (χ0n) is 13.7. The van der Waals surface area contributed by atoms with Crippen molar-refractivity contribution in [3.63, 3.8) is 0 Å². The molecule has 0 aliphatic rings. The van der Waals surface area contributed by atoms with E-state index in [9.17, 15) is 0 Å². The predicted molar refractivity (Wildman–Crippen MR) is 108 cm³/mol.